The van der Waals surface area contributed by atoms with E-state index in [0.717, 1.165) is 11.1 Å². The van der Waals surface area contributed by atoms with Crippen LogP contribution in [0.5, 0.6) is 0 Å². The second-order valence-electron chi connectivity index (χ2n) is 6.81. The first-order valence-corrected chi connectivity index (χ1v) is 9.24. The van der Waals surface area contributed by atoms with Gasteiger partial charge in [0.25, 0.3) is 5.56 Å². The van der Waals surface area contributed by atoms with Gasteiger partial charge in [-0.1, -0.05) is 11.6 Å². The Kier molecular flexibility index (Phi) is 5.09. The van der Waals surface area contributed by atoms with E-state index in [4.69, 9.17) is 21.1 Å². The molecule has 2 aromatic rings. The molecule has 0 saturated carbocycles. The molecular weight excluding hydrogens is 389 g/mol. The summed E-state index contributed by atoms with van der Waals surface area (Å²) >= 11 is 5.78. The smallest absolute Gasteiger partial charge is 0.322 e. The van der Waals surface area contributed by atoms with Crippen molar-refractivity contribution < 1.29 is 18.7 Å². The largest absolute Gasteiger partial charge is 0.376 e. The van der Waals surface area contributed by atoms with Crippen molar-refractivity contribution in [1.82, 2.24) is 9.88 Å². The molecule has 1 aromatic heterocycles. The van der Waals surface area contributed by atoms with Crippen molar-refractivity contribution in [2.75, 3.05) is 25.6 Å². The van der Waals surface area contributed by atoms with Crippen LogP contribution < -0.4 is 10.9 Å². The van der Waals surface area contributed by atoms with Crippen LogP contribution in [0, 0.1) is 5.82 Å². The molecule has 9 heteroatoms. The molecule has 0 radical (unpaired) electrons. The first-order valence-electron chi connectivity index (χ1n) is 8.87. The van der Waals surface area contributed by atoms with E-state index in [0.29, 0.717) is 36.6 Å². The van der Waals surface area contributed by atoms with Gasteiger partial charge in [-0.2, -0.15) is 0 Å². The molecule has 0 saturated heterocycles. The molecule has 0 spiro atoms. The van der Waals surface area contributed by atoms with Gasteiger partial charge < -0.3 is 24.7 Å². The molecule has 7 nitrogen and oxygen atoms in total. The number of H-pyrrole nitrogens is 1. The fourth-order valence-electron chi connectivity index (χ4n) is 3.65. The minimum Gasteiger partial charge on any atom is -0.376 e. The Bertz CT molecular complexity index is 994. The molecule has 148 valence electrons. The van der Waals surface area contributed by atoms with E-state index in [1.165, 1.54) is 23.1 Å². The van der Waals surface area contributed by atoms with Gasteiger partial charge >= 0.3 is 6.03 Å². The zero-order valence-corrected chi connectivity index (χ0v) is 15.9. The van der Waals surface area contributed by atoms with Crippen molar-refractivity contribution in [2.45, 2.75) is 25.7 Å². The SMILES string of the molecule is CN(C(=O)Nc1ccc(F)c(Cl)c1)C1COCc2[nH]c(=O)c3c(c21)CCOC3. The zero-order chi connectivity index (χ0) is 19.8. The monoisotopic (exact) mass is 407 g/mol. The first kappa shape index (κ1) is 18.9. The van der Waals surface area contributed by atoms with Crippen LogP contribution in [0.4, 0.5) is 14.9 Å². The summed E-state index contributed by atoms with van der Waals surface area (Å²) in [5, 5.41) is 2.64. The van der Waals surface area contributed by atoms with E-state index in [1.54, 1.807) is 7.05 Å². The number of ether oxygens (including phenoxy) is 2. The number of anilines is 1. The van der Waals surface area contributed by atoms with E-state index < -0.39 is 11.8 Å². The highest BCUT2D eigenvalue weighted by atomic mass is 35.5. The number of likely N-dealkylation sites (N-methyl/N-ethyl adjacent to an activating group) is 1. The van der Waals surface area contributed by atoms with Crippen LogP contribution >= 0.6 is 11.6 Å². The van der Waals surface area contributed by atoms with Gasteiger partial charge in [-0.3, -0.25) is 4.79 Å². The van der Waals surface area contributed by atoms with E-state index in [-0.39, 0.29) is 29.8 Å². The molecular formula is C19H19ClFN3O4. The normalized spacial score (nSPS) is 18.2. The molecule has 2 N–H and O–H groups in total. The van der Waals surface area contributed by atoms with Crippen LogP contribution in [0.25, 0.3) is 0 Å². The number of urea groups is 1. The maximum atomic E-state index is 13.3. The highest BCUT2D eigenvalue weighted by molar-refractivity contribution is 6.31. The molecule has 1 unspecified atom stereocenters. The lowest BCUT2D eigenvalue weighted by Gasteiger charge is -2.35. The fraction of sp³-hybridized carbons (Fsp3) is 0.368. The van der Waals surface area contributed by atoms with Crippen LogP contribution in [0.15, 0.2) is 23.0 Å². The third-order valence-electron chi connectivity index (χ3n) is 5.11. The third kappa shape index (κ3) is 3.39. The molecule has 0 bridgehead atoms. The predicted molar refractivity (Wildman–Crippen MR) is 101 cm³/mol. The standard InChI is InChI=1S/C19H19ClFN3O4/c1-24(19(26)22-10-2-3-14(21)13(20)6-10)16-9-28-8-15-17(16)11-4-5-27-7-12(11)18(25)23-15/h2-3,6,16H,4-5,7-9H2,1H3,(H,22,26)(H,23,25). The fourth-order valence-corrected chi connectivity index (χ4v) is 3.83. The Hall–Kier alpha value is -2.42. The van der Waals surface area contributed by atoms with Crippen LogP contribution in [0.1, 0.15) is 28.4 Å². The van der Waals surface area contributed by atoms with Gasteiger partial charge in [-0.25, -0.2) is 9.18 Å². The van der Waals surface area contributed by atoms with E-state index in [2.05, 4.69) is 10.3 Å². The van der Waals surface area contributed by atoms with Gasteiger partial charge in [0.1, 0.15) is 5.82 Å². The Morgan fingerprint density at radius 2 is 2.14 bits per heavy atom. The topological polar surface area (TPSA) is 83.7 Å². The summed E-state index contributed by atoms with van der Waals surface area (Å²) in [5.41, 5.74) is 3.35. The molecule has 1 aromatic carbocycles. The number of fused-ring (bicyclic) bond motifs is 3. The number of rotatable bonds is 2. The molecule has 3 heterocycles. The van der Waals surface area contributed by atoms with E-state index in [9.17, 15) is 14.0 Å². The average molecular weight is 408 g/mol. The molecule has 4 rings (SSSR count). The molecule has 2 aliphatic rings. The average Bonchev–Trinajstić information content (AvgIpc) is 2.70. The van der Waals surface area contributed by atoms with E-state index in [1.807, 2.05) is 0 Å². The third-order valence-corrected chi connectivity index (χ3v) is 5.40. The number of carbonyl (C=O) groups excluding carboxylic acids is 1. The van der Waals surface area contributed by atoms with Gasteiger partial charge in [0.05, 0.1) is 37.5 Å². The highest BCUT2D eigenvalue weighted by Crippen LogP contribution is 2.33. The lowest BCUT2D eigenvalue weighted by Crippen LogP contribution is -2.41. The summed E-state index contributed by atoms with van der Waals surface area (Å²) in [5.74, 6) is -0.555. The zero-order valence-electron chi connectivity index (χ0n) is 15.2. The van der Waals surface area contributed by atoms with Crippen molar-refractivity contribution in [3.05, 3.63) is 61.8 Å². The summed E-state index contributed by atoms with van der Waals surface area (Å²) in [7, 11) is 1.65. The van der Waals surface area contributed by atoms with Crippen LogP contribution in [-0.4, -0.2) is 36.2 Å². The van der Waals surface area contributed by atoms with Crippen molar-refractivity contribution in [2.24, 2.45) is 0 Å². The van der Waals surface area contributed by atoms with Gasteiger partial charge in [0.2, 0.25) is 0 Å². The van der Waals surface area contributed by atoms with Crippen LogP contribution in [0.2, 0.25) is 5.02 Å². The van der Waals surface area contributed by atoms with E-state index >= 15 is 0 Å². The maximum absolute atomic E-state index is 13.3. The summed E-state index contributed by atoms with van der Waals surface area (Å²) in [6.07, 6.45) is 0.612. The number of pyridine rings is 1. The number of benzene rings is 1. The first-order chi connectivity index (χ1) is 13.5. The highest BCUT2D eigenvalue weighted by Gasteiger charge is 2.33. The quantitative estimate of drug-likeness (QED) is 0.801. The summed E-state index contributed by atoms with van der Waals surface area (Å²) in [6.45, 7) is 1.38. The van der Waals surface area contributed by atoms with Crippen molar-refractivity contribution >= 4 is 23.3 Å². The second kappa shape index (κ2) is 7.54. The second-order valence-corrected chi connectivity index (χ2v) is 7.21. The van der Waals surface area contributed by atoms with Gasteiger partial charge in [0.15, 0.2) is 0 Å². The van der Waals surface area contributed by atoms with Crippen molar-refractivity contribution in [3.8, 4) is 0 Å². The van der Waals surface area contributed by atoms with Crippen LogP contribution in [0.3, 0.4) is 0 Å². The summed E-state index contributed by atoms with van der Waals surface area (Å²) in [4.78, 5) is 29.5. The minimum atomic E-state index is -0.555. The number of halogens is 2. The number of nitrogens with one attached hydrogen (secondary N) is 2. The molecule has 0 aliphatic carbocycles. The maximum Gasteiger partial charge on any atom is 0.322 e. The van der Waals surface area contributed by atoms with Gasteiger partial charge in [0, 0.05) is 29.6 Å². The van der Waals surface area contributed by atoms with Crippen molar-refractivity contribution in [1.29, 1.82) is 0 Å². The number of aromatic amines is 1. The number of hydrogen-bond acceptors (Lipinski definition) is 4. The summed E-state index contributed by atoms with van der Waals surface area (Å²) < 4.78 is 24.4. The van der Waals surface area contributed by atoms with Crippen LogP contribution in [-0.2, 0) is 29.1 Å². The number of carbonyl (C=O) groups is 1. The number of aromatic nitrogens is 1. The predicted octanol–water partition coefficient (Wildman–Crippen LogP) is 2.98. The minimum absolute atomic E-state index is 0.0709. The molecule has 0 fully saturated rings. The van der Waals surface area contributed by atoms with Gasteiger partial charge in [-0.05, 0) is 30.2 Å². The van der Waals surface area contributed by atoms with Crippen molar-refractivity contribution in [3.63, 3.8) is 0 Å². The molecule has 28 heavy (non-hydrogen) atoms. The Balaban J connectivity index is 1.64. The Morgan fingerprint density at radius 3 is 2.93 bits per heavy atom. The number of hydrogen-bond donors (Lipinski definition) is 2. The summed E-state index contributed by atoms with van der Waals surface area (Å²) in [6, 6.07) is 3.22. The molecule has 2 amide bonds. The Labute approximate surface area is 165 Å². The number of amides is 2. The lowest BCUT2D eigenvalue weighted by atomic mass is 9.91. The lowest BCUT2D eigenvalue weighted by molar-refractivity contribution is 0.0491. The molecule has 2 aliphatic heterocycles. The van der Waals surface area contributed by atoms with Gasteiger partial charge in [-0.15, -0.1) is 0 Å². The number of nitrogens with zero attached hydrogens (tertiary/aromatic N) is 1. The Morgan fingerprint density at radius 1 is 1.32 bits per heavy atom. The molecule has 1 atom stereocenters.